The average molecular weight is 388 g/mol. The van der Waals surface area contributed by atoms with Gasteiger partial charge in [0.05, 0.1) is 6.04 Å². The maximum atomic E-state index is 12.3. The molecule has 11 heteroatoms. The molecule has 0 spiro atoms. The first-order chi connectivity index (χ1) is 12.4. The second kappa shape index (κ2) is 11.1. The lowest BCUT2D eigenvalue weighted by Gasteiger charge is -2.23. The standard InChI is InChI=1S/C16H28N4O7/c1-7(2)12(16(26)27)20-14(24)9(4)18-15(25)10(5-6-11(21)22)19-13(23)8(3)17/h7-10,12H,5-6,17H2,1-4H3,(H,18,25)(H,19,23)(H,20,24)(H,21,22)(H,26,27)/t8-,9-,10-,12-/m0/s1. The molecule has 0 saturated heterocycles. The molecule has 4 atom stereocenters. The van der Waals surface area contributed by atoms with Crippen LogP contribution in [0.5, 0.6) is 0 Å². The van der Waals surface area contributed by atoms with Crippen molar-refractivity contribution in [1.82, 2.24) is 16.0 Å². The van der Waals surface area contributed by atoms with Gasteiger partial charge in [0.15, 0.2) is 0 Å². The van der Waals surface area contributed by atoms with Crippen LogP contribution in [0.2, 0.25) is 0 Å². The van der Waals surface area contributed by atoms with E-state index in [1.54, 1.807) is 13.8 Å². The molecule has 0 aliphatic rings. The van der Waals surface area contributed by atoms with Gasteiger partial charge in [-0.3, -0.25) is 19.2 Å². The minimum Gasteiger partial charge on any atom is -0.481 e. The molecular formula is C16H28N4O7. The summed E-state index contributed by atoms with van der Waals surface area (Å²) in [6, 6.07) is -4.33. The van der Waals surface area contributed by atoms with E-state index in [-0.39, 0.29) is 18.8 Å². The zero-order valence-corrected chi connectivity index (χ0v) is 15.8. The third kappa shape index (κ3) is 8.99. The van der Waals surface area contributed by atoms with Crippen molar-refractivity contribution in [2.24, 2.45) is 11.7 Å². The van der Waals surface area contributed by atoms with Crippen LogP contribution in [0.1, 0.15) is 40.5 Å². The largest absolute Gasteiger partial charge is 0.481 e. The number of carboxylic acids is 2. The first-order valence-electron chi connectivity index (χ1n) is 8.48. The van der Waals surface area contributed by atoms with Gasteiger partial charge >= 0.3 is 11.9 Å². The monoisotopic (exact) mass is 388 g/mol. The molecule has 0 aromatic heterocycles. The van der Waals surface area contributed by atoms with Crippen molar-refractivity contribution in [2.45, 2.75) is 64.7 Å². The molecular weight excluding hydrogens is 360 g/mol. The van der Waals surface area contributed by atoms with Gasteiger partial charge in [-0.1, -0.05) is 13.8 Å². The molecule has 0 saturated carbocycles. The van der Waals surface area contributed by atoms with Crippen LogP contribution in [0, 0.1) is 5.92 Å². The van der Waals surface area contributed by atoms with E-state index in [1.165, 1.54) is 13.8 Å². The minimum atomic E-state index is -1.21. The number of carboxylic acid groups (broad SMARTS) is 2. The third-order valence-corrected chi connectivity index (χ3v) is 3.68. The molecule has 7 N–H and O–H groups in total. The second-order valence-corrected chi connectivity index (χ2v) is 6.58. The number of carbonyl (C=O) groups excluding carboxylic acids is 3. The van der Waals surface area contributed by atoms with E-state index in [4.69, 9.17) is 15.9 Å². The molecule has 0 radical (unpaired) electrons. The van der Waals surface area contributed by atoms with Crippen LogP contribution >= 0.6 is 0 Å². The summed E-state index contributed by atoms with van der Waals surface area (Å²) < 4.78 is 0. The number of carbonyl (C=O) groups is 5. The van der Waals surface area contributed by atoms with Crippen LogP contribution in [0.15, 0.2) is 0 Å². The minimum absolute atomic E-state index is 0.197. The van der Waals surface area contributed by atoms with Crippen molar-refractivity contribution in [2.75, 3.05) is 0 Å². The molecule has 0 rings (SSSR count). The molecule has 11 nitrogen and oxygen atoms in total. The van der Waals surface area contributed by atoms with E-state index in [0.29, 0.717) is 0 Å². The number of hydrogen-bond donors (Lipinski definition) is 6. The zero-order valence-electron chi connectivity index (χ0n) is 15.8. The predicted octanol–water partition coefficient (Wildman–Crippen LogP) is -1.59. The van der Waals surface area contributed by atoms with Crippen molar-refractivity contribution >= 4 is 29.7 Å². The van der Waals surface area contributed by atoms with Crippen molar-refractivity contribution in [3.05, 3.63) is 0 Å². The van der Waals surface area contributed by atoms with Gasteiger partial charge in [0.2, 0.25) is 17.7 Å². The molecule has 0 aromatic carbocycles. The number of nitrogens with two attached hydrogens (primary N) is 1. The summed E-state index contributed by atoms with van der Waals surface area (Å²) in [5.41, 5.74) is 5.42. The summed E-state index contributed by atoms with van der Waals surface area (Å²) in [4.78, 5) is 58.0. The summed E-state index contributed by atoms with van der Waals surface area (Å²) >= 11 is 0. The highest BCUT2D eigenvalue weighted by molar-refractivity contribution is 5.94. The van der Waals surface area contributed by atoms with Gasteiger partial charge in [-0.15, -0.1) is 0 Å². The van der Waals surface area contributed by atoms with Gasteiger partial charge in [-0.05, 0) is 26.2 Å². The number of nitrogens with one attached hydrogen (secondary N) is 3. The van der Waals surface area contributed by atoms with Gasteiger partial charge in [0, 0.05) is 6.42 Å². The summed E-state index contributed by atoms with van der Waals surface area (Å²) in [5.74, 6) is -4.88. The number of hydrogen-bond acceptors (Lipinski definition) is 6. The highest BCUT2D eigenvalue weighted by Crippen LogP contribution is 2.03. The van der Waals surface area contributed by atoms with Gasteiger partial charge in [-0.2, -0.15) is 0 Å². The van der Waals surface area contributed by atoms with E-state index in [0.717, 1.165) is 0 Å². The maximum Gasteiger partial charge on any atom is 0.326 e. The lowest BCUT2D eigenvalue weighted by molar-refractivity contribution is -0.143. The van der Waals surface area contributed by atoms with Crippen molar-refractivity contribution in [3.8, 4) is 0 Å². The molecule has 27 heavy (non-hydrogen) atoms. The van der Waals surface area contributed by atoms with Crippen LogP contribution in [-0.4, -0.2) is 64.0 Å². The Morgan fingerprint density at radius 3 is 1.81 bits per heavy atom. The average Bonchev–Trinajstić information content (AvgIpc) is 2.54. The summed E-state index contributed by atoms with van der Waals surface area (Å²) in [7, 11) is 0. The van der Waals surface area contributed by atoms with E-state index in [9.17, 15) is 24.0 Å². The SMILES string of the molecule is CC(C)[C@H](NC(=O)[C@H](C)NC(=O)[C@H](CCC(=O)O)NC(=O)[C@H](C)N)C(=O)O. The molecule has 0 heterocycles. The van der Waals surface area contributed by atoms with Gasteiger partial charge < -0.3 is 31.9 Å². The fourth-order valence-electron chi connectivity index (χ4n) is 2.01. The summed E-state index contributed by atoms with van der Waals surface area (Å²) in [5, 5.41) is 24.9. The molecule has 0 aliphatic heterocycles. The molecule has 3 amide bonds. The number of aliphatic carboxylic acids is 2. The summed E-state index contributed by atoms with van der Waals surface area (Å²) in [6.07, 6.45) is -0.579. The van der Waals surface area contributed by atoms with Crippen LogP contribution < -0.4 is 21.7 Å². The van der Waals surface area contributed by atoms with Gasteiger partial charge in [0.1, 0.15) is 18.1 Å². The van der Waals surface area contributed by atoms with Crippen molar-refractivity contribution < 1.29 is 34.2 Å². The van der Waals surface area contributed by atoms with Crippen LogP contribution in [0.3, 0.4) is 0 Å². The quantitative estimate of drug-likeness (QED) is 0.244. The second-order valence-electron chi connectivity index (χ2n) is 6.58. The molecule has 0 aliphatic carbocycles. The summed E-state index contributed by atoms with van der Waals surface area (Å²) in [6.45, 7) is 5.98. The Morgan fingerprint density at radius 1 is 0.852 bits per heavy atom. The zero-order chi connectivity index (χ0) is 21.3. The third-order valence-electron chi connectivity index (χ3n) is 3.68. The lowest BCUT2D eigenvalue weighted by Crippen LogP contribution is -2.56. The smallest absolute Gasteiger partial charge is 0.326 e. The Hall–Kier alpha value is -2.69. The fraction of sp³-hybridized carbons (Fsp3) is 0.688. The Balaban J connectivity index is 5.00. The predicted molar refractivity (Wildman–Crippen MR) is 94.5 cm³/mol. The molecule has 0 bridgehead atoms. The Kier molecular flexibility index (Phi) is 10.0. The van der Waals surface area contributed by atoms with Crippen LogP contribution in [-0.2, 0) is 24.0 Å². The Labute approximate surface area is 157 Å². The first-order valence-corrected chi connectivity index (χ1v) is 8.48. The number of rotatable bonds is 11. The van der Waals surface area contributed by atoms with Gasteiger partial charge in [0.25, 0.3) is 0 Å². The van der Waals surface area contributed by atoms with Crippen molar-refractivity contribution in [3.63, 3.8) is 0 Å². The highest BCUT2D eigenvalue weighted by atomic mass is 16.4. The first kappa shape index (κ1) is 24.3. The van der Waals surface area contributed by atoms with E-state index in [1.807, 2.05) is 0 Å². The van der Waals surface area contributed by atoms with Crippen molar-refractivity contribution in [1.29, 1.82) is 0 Å². The topological polar surface area (TPSA) is 188 Å². The van der Waals surface area contributed by atoms with E-state index >= 15 is 0 Å². The van der Waals surface area contributed by atoms with E-state index < -0.39 is 53.8 Å². The van der Waals surface area contributed by atoms with Crippen LogP contribution in [0.25, 0.3) is 0 Å². The number of amides is 3. The fourth-order valence-corrected chi connectivity index (χ4v) is 2.01. The molecule has 0 aromatic rings. The Morgan fingerprint density at radius 2 is 1.41 bits per heavy atom. The molecule has 0 fully saturated rings. The van der Waals surface area contributed by atoms with Crippen LogP contribution in [0.4, 0.5) is 0 Å². The van der Waals surface area contributed by atoms with E-state index in [2.05, 4.69) is 16.0 Å². The lowest BCUT2D eigenvalue weighted by atomic mass is 10.0. The van der Waals surface area contributed by atoms with Gasteiger partial charge in [-0.25, -0.2) is 4.79 Å². The molecule has 154 valence electrons. The highest BCUT2D eigenvalue weighted by Gasteiger charge is 2.29. The normalized spacial score (nSPS) is 15.2. The molecule has 0 unspecified atom stereocenters. The Bertz CT molecular complexity index is 577. The maximum absolute atomic E-state index is 12.3.